The van der Waals surface area contributed by atoms with E-state index in [0.29, 0.717) is 28.4 Å². The van der Waals surface area contributed by atoms with E-state index in [9.17, 15) is 9.59 Å². The van der Waals surface area contributed by atoms with Crippen LogP contribution in [0, 0.1) is 0 Å². The zero-order chi connectivity index (χ0) is 19.1. The minimum atomic E-state index is -0.292. The fourth-order valence-corrected chi connectivity index (χ4v) is 2.16. The molecular formula is C18H22N4O4. The molecule has 0 fully saturated rings. The Morgan fingerprint density at radius 1 is 1.08 bits per heavy atom. The summed E-state index contributed by atoms with van der Waals surface area (Å²) in [5.41, 5.74) is 1.59. The number of carbonyl (C=O) groups is 2. The van der Waals surface area contributed by atoms with Gasteiger partial charge in [0.15, 0.2) is 11.5 Å². The Labute approximate surface area is 152 Å². The van der Waals surface area contributed by atoms with Crippen LogP contribution in [0.5, 0.6) is 11.5 Å². The first kappa shape index (κ1) is 19.0. The van der Waals surface area contributed by atoms with Gasteiger partial charge >= 0.3 is 6.03 Å². The number of benzene rings is 1. The van der Waals surface area contributed by atoms with E-state index in [2.05, 4.69) is 15.6 Å². The molecule has 0 aliphatic heterocycles. The Balaban J connectivity index is 2.08. The summed E-state index contributed by atoms with van der Waals surface area (Å²) in [6.07, 6.45) is 1.53. The number of amides is 3. The summed E-state index contributed by atoms with van der Waals surface area (Å²) in [6.45, 7) is 0.231. The Morgan fingerprint density at radius 3 is 2.46 bits per heavy atom. The number of anilines is 1. The standard InChI is InChI=1S/C18H22N4O4/c1-22(2)18(24)20-11-14-9-12(7-8-19-14)17(23)21-13-5-6-15(25-3)16(10-13)26-4/h5-10H,11H2,1-4H3,(H,20,24)(H,21,23). The summed E-state index contributed by atoms with van der Waals surface area (Å²) in [4.78, 5) is 29.6. The van der Waals surface area contributed by atoms with Crippen LogP contribution in [0.2, 0.25) is 0 Å². The third-order valence-electron chi connectivity index (χ3n) is 3.55. The Kier molecular flexibility index (Phi) is 6.37. The fraction of sp³-hybridized carbons (Fsp3) is 0.278. The lowest BCUT2D eigenvalue weighted by molar-refractivity contribution is 0.102. The van der Waals surface area contributed by atoms with Crippen molar-refractivity contribution >= 4 is 17.6 Å². The van der Waals surface area contributed by atoms with Crippen LogP contribution in [-0.4, -0.2) is 50.1 Å². The molecular weight excluding hydrogens is 336 g/mol. The van der Waals surface area contributed by atoms with Crippen LogP contribution in [0.15, 0.2) is 36.5 Å². The first-order valence-corrected chi connectivity index (χ1v) is 7.88. The number of hydrogen-bond donors (Lipinski definition) is 2. The van der Waals surface area contributed by atoms with Crippen LogP contribution in [0.4, 0.5) is 10.5 Å². The Morgan fingerprint density at radius 2 is 1.81 bits per heavy atom. The van der Waals surface area contributed by atoms with Gasteiger partial charge in [0.25, 0.3) is 5.91 Å². The van der Waals surface area contributed by atoms with Crippen molar-refractivity contribution in [3.63, 3.8) is 0 Å². The van der Waals surface area contributed by atoms with Crippen molar-refractivity contribution in [3.8, 4) is 11.5 Å². The van der Waals surface area contributed by atoms with Gasteiger partial charge in [0.05, 0.1) is 26.5 Å². The predicted octanol–water partition coefficient (Wildman–Crippen LogP) is 2.12. The zero-order valence-electron chi connectivity index (χ0n) is 15.2. The lowest BCUT2D eigenvalue weighted by atomic mass is 10.2. The molecule has 3 amide bonds. The molecule has 8 heteroatoms. The molecule has 0 unspecified atom stereocenters. The SMILES string of the molecule is COc1ccc(NC(=O)c2ccnc(CNC(=O)N(C)C)c2)cc1OC. The predicted molar refractivity (Wildman–Crippen MR) is 97.7 cm³/mol. The Hall–Kier alpha value is -3.29. The van der Waals surface area contributed by atoms with Gasteiger partial charge < -0.3 is 25.0 Å². The maximum Gasteiger partial charge on any atom is 0.317 e. The van der Waals surface area contributed by atoms with Gasteiger partial charge in [-0.3, -0.25) is 9.78 Å². The zero-order valence-corrected chi connectivity index (χ0v) is 15.2. The highest BCUT2D eigenvalue weighted by molar-refractivity contribution is 6.04. The van der Waals surface area contributed by atoms with Gasteiger partial charge in [-0.2, -0.15) is 0 Å². The molecule has 2 aromatic rings. The quantitative estimate of drug-likeness (QED) is 0.825. The summed E-state index contributed by atoms with van der Waals surface area (Å²) >= 11 is 0. The highest BCUT2D eigenvalue weighted by atomic mass is 16.5. The highest BCUT2D eigenvalue weighted by Gasteiger charge is 2.11. The van der Waals surface area contributed by atoms with Gasteiger partial charge in [-0.05, 0) is 24.3 Å². The summed E-state index contributed by atoms with van der Waals surface area (Å²) in [5.74, 6) is 0.806. The second kappa shape index (κ2) is 8.70. The van der Waals surface area contributed by atoms with Crippen molar-refractivity contribution in [2.24, 2.45) is 0 Å². The molecule has 1 aromatic carbocycles. The first-order valence-electron chi connectivity index (χ1n) is 7.88. The number of ether oxygens (including phenoxy) is 2. The summed E-state index contributed by atoms with van der Waals surface area (Å²) < 4.78 is 10.4. The smallest absolute Gasteiger partial charge is 0.317 e. The maximum atomic E-state index is 12.5. The number of rotatable bonds is 6. The van der Waals surface area contributed by atoms with E-state index in [0.717, 1.165) is 0 Å². The first-order chi connectivity index (χ1) is 12.4. The highest BCUT2D eigenvalue weighted by Crippen LogP contribution is 2.29. The van der Waals surface area contributed by atoms with Crippen molar-refractivity contribution in [1.29, 1.82) is 0 Å². The van der Waals surface area contributed by atoms with Crippen molar-refractivity contribution < 1.29 is 19.1 Å². The average Bonchev–Trinajstić information content (AvgIpc) is 2.65. The molecule has 2 N–H and O–H groups in total. The van der Waals surface area contributed by atoms with Gasteiger partial charge in [-0.25, -0.2) is 4.79 Å². The molecule has 26 heavy (non-hydrogen) atoms. The van der Waals surface area contributed by atoms with E-state index in [4.69, 9.17) is 9.47 Å². The third kappa shape index (κ3) is 4.85. The summed E-state index contributed by atoms with van der Waals surface area (Å²) in [7, 11) is 6.37. The summed E-state index contributed by atoms with van der Waals surface area (Å²) in [5, 5.41) is 5.50. The number of nitrogens with zero attached hydrogens (tertiary/aromatic N) is 2. The van der Waals surface area contributed by atoms with Gasteiger partial charge in [-0.1, -0.05) is 0 Å². The number of pyridine rings is 1. The molecule has 0 atom stereocenters. The number of hydrogen-bond acceptors (Lipinski definition) is 5. The van der Waals surface area contributed by atoms with Crippen LogP contribution in [0.25, 0.3) is 0 Å². The molecule has 0 bridgehead atoms. The summed E-state index contributed by atoms with van der Waals surface area (Å²) in [6, 6.07) is 8.11. The second-order valence-corrected chi connectivity index (χ2v) is 5.61. The number of urea groups is 1. The van der Waals surface area contributed by atoms with E-state index in [-0.39, 0.29) is 18.5 Å². The monoisotopic (exact) mass is 358 g/mol. The maximum absolute atomic E-state index is 12.5. The van der Waals surface area contributed by atoms with Crippen LogP contribution in [0.3, 0.4) is 0 Å². The van der Waals surface area contributed by atoms with Gasteiger partial charge in [0, 0.05) is 37.6 Å². The minimum absolute atomic E-state index is 0.230. The number of carbonyl (C=O) groups excluding carboxylic acids is 2. The third-order valence-corrected chi connectivity index (χ3v) is 3.55. The molecule has 0 aliphatic carbocycles. The lowest BCUT2D eigenvalue weighted by Crippen LogP contribution is -2.34. The van der Waals surface area contributed by atoms with Gasteiger partial charge in [-0.15, -0.1) is 0 Å². The van der Waals surface area contributed by atoms with E-state index < -0.39 is 0 Å². The van der Waals surface area contributed by atoms with Crippen molar-refractivity contribution in [2.45, 2.75) is 6.54 Å². The van der Waals surface area contributed by atoms with Crippen LogP contribution >= 0.6 is 0 Å². The van der Waals surface area contributed by atoms with Crippen LogP contribution < -0.4 is 20.1 Å². The van der Waals surface area contributed by atoms with E-state index in [1.807, 2.05) is 0 Å². The number of nitrogens with one attached hydrogen (secondary N) is 2. The molecule has 0 saturated carbocycles. The Bertz CT molecular complexity index is 793. The van der Waals surface area contributed by atoms with Crippen LogP contribution in [-0.2, 0) is 6.54 Å². The van der Waals surface area contributed by atoms with E-state index >= 15 is 0 Å². The molecule has 0 radical (unpaired) electrons. The van der Waals surface area contributed by atoms with Crippen molar-refractivity contribution in [1.82, 2.24) is 15.2 Å². The molecule has 138 valence electrons. The minimum Gasteiger partial charge on any atom is -0.493 e. The second-order valence-electron chi connectivity index (χ2n) is 5.61. The average molecular weight is 358 g/mol. The molecule has 0 saturated heterocycles. The largest absolute Gasteiger partial charge is 0.493 e. The van der Waals surface area contributed by atoms with Crippen molar-refractivity contribution in [2.75, 3.05) is 33.6 Å². The molecule has 0 spiro atoms. The fourth-order valence-electron chi connectivity index (χ4n) is 2.16. The molecule has 1 aromatic heterocycles. The lowest BCUT2D eigenvalue weighted by Gasteiger charge is -2.12. The topological polar surface area (TPSA) is 92.8 Å². The normalized spacial score (nSPS) is 10.0. The van der Waals surface area contributed by atoms with Crippen molar-refractivity contribution in [3.05, 3.63) is 47.8 Å². The number of aromatic nitrogens is 1. The number of methoxy groups -OCH3 is 2. The van der Waals surface area contributed by atoms with E-state index in [1.54, 1.807) is 51.5 Å². The van der Waals surface area contributed by atoms with Crippen LogP contribution in [0.1, 0.15) is 16.1 Å². The molecule has 2 rings (SSSR count). The molecule has 1 heterocycles. The van der Waals surface area contributed by atoms with E-state index in [1.165, 1.54) is 18.2 Å². The molecule has 0 aliphatic rings. The van der Waals surface area contributed by atoms with Gasteiger partial charge in [0.1, 0.15) is 0 Å². The van der Waals surface area contributed by atoms with Gasteiger partial charge in [0.2, 0.25) is 0 Å². The molecule has 8 nitrogen and oxygen atoms in total.